The average Bonchev–Trinajstić information content (AvgIpc) is 2.66. The van der Waals surface area contributed by atoms with Crippen LogP contribution in [0.3, 0.4) is 0 Å². The van der Waals surface area contributed by atoms with Crippen LogP contribution in [0.5, 0.6) is 0 Å². The van der Waals surface area contributed by atoms with E-state index in [1.165, 1.54) is 31.2 Å². The van der Waals surface area contributed by atoms with E-state index in [0.29, 0.717) is 29.8 Å². The van der Waals surface area contributed by atoms with Crippen LogP contribution in [0, 0.1) is 6.92 Å². The second-order valence-electron chi connectivity index (χ2n) is 6.33. The fourth-order valence-corrected chi connectivity index (χ4v) is 3.73. The van der Waals surface area contributed by atoms with Gasteiger partial charge in [-0.1, -0.05) is 29.8 Å². The molecule has 0 amide bonds. The molecule has 0 spiro atoms. The Morgan fingerprint density at radius 1 is 1.00 bits per heavy atom. The van der Waals surface area contributed by atoms with E-state index in [1.54, 1.807) is 11.6 Å². The standard InChI is InChI=1S/C19H18F5NO4S/c1-3-29-17(26)18(20,21)16(13-6-8-14(9-7-13)19(22,23)24)25-30(27,28)15-10-4-12(2)5-11-15/h4-11,16,25H,3H2,1-2H3. The molecule has 0 saturated carbocycles. The zero-order valence-corrected chi connectivity index (χ0v) is 16.7. The number of alkyl halides is 5. The molecule has 1 atom stereocenters. The van der Waals surface area contributed by atoms with Crippen molar-refractivity contribution in [1.29, 1.82) is 0 Å². The molecule has 2 aromatic rings. The van der Waals surface area contributed by atoms with Crippen LogP contribution in [0.25, 0.3) is 0 Å². The minimum atomic E-state index is -4.72. The average molecular weight is 451 g/mol. The first kappa shape index (κ1) is 23.7. The Balaban J connectivity index is 2.51. The second-order valence-corrected chi connectivity index (χ2v) is 8.04. The van der Waals surface area contributed by atoms with Crippen molar-refractivity contribution in [1.82, 2.24) is 4.72 Å². The summed E-state index contributed by atoms with van der Waals surface area (Å²) in [5, 5.41) is 0. The van der Waals surface area contributed by atoms with Crippen molar-refractivity contribution in [3.05, 3.63) is 65.2 Å². The molecule has 0 aromatic heterocycles. The van der Waals surface area contributed by atoms with Gasteiger partial charge < -0.3 is 4.74 Å². The monoisotopic (exact) mass is 451 g/mol. The molecule has 0 fully saturated rings. The number of halogens is 5. The first-order valence-corrected chi connectivity index (χ1v) is 10.1. The van der Waals surface area contributed by atoms with Crippen LogP contribution in [0.4, 0.5) is 22.0 Å². The minimum absolute atomic E-state index is 0.357. The number of carbonyl (C=O) groups excluding carboxylic acids is 1. The van der Waals surface area contributed by atoms with Gasteiger partial charge in [0, 0.05) is 0 Å². The molecular formula is C19H18F5NO4S. The maximum atomic E-state index is 14.8. The number of benzene rings is 2. The molecule has 1 N–H and O–H groups in total. The van der Waals surface area contributed by atoms with E-state index in [-0.39, 0.29) is 4.90 Å². The summed E-state index contributed by atoms with van der Waals surface area (Å²) in [7, 11) is -4.55. The van der Waals surface area contributed by atoms with Crippen LogP contribution < -0.4 is 4.72 Å². The Labute approximate surface area is 169 Å². The van der Waals surface area contributed by atoms with Crippen molar-refractivity contribution in [3.8, 4) is 0 Å². The summed E-state index contributed by atoms with van der Waals surface area (Å²) in [5.74, 6) is -6.41. The van der Waals surface area contributed by atoms with Crippen LogP contribution in [0.1, 0.15) is 29.7 Å². The highest BCUT2D eigenvalue weighted by atomic mass is 32.2. The highest BCUT2D eigenvalue weighted by Gasteiger charge is 2.51. The van der Waals surface area contributed by atoms with Gasteiger partial charge in [0.1, 0.15) is 6.04 Å². The first-order chi connectivity index (χ1) is 13.8. The number of aryl methyl sites for hydroxylation is 1. The van der Waals surface area contributed by atoms with Gasteiger partial charge in [-0.15, -0.1) is 0 Å². The number of rotatable bonds is 7. The number of nitrogens with one attached hydrogen (secondary N) is 1. The molecule has 11 heteroatoms. The van der Waals surface area contributed by atoms with Crippen LogP contribution in [0.2, 0.25) is 0 Å². The van der Waals surface area contributed by atoms with Gasteiger partial charge in [0.05, 0.1) is 17.1 Å². The van der Waals surface area contributed by atoms with Crippen molar-refractivity contribution < 1.29 is 39.9 Å². The molecule has 2 aromatic carbocycles. The zero-order chi connectivity index (χ0) is 22.7. The van der Waals surface area contributed by atoms with Gasteiger partial charge in [-0.3, -0.25) is 0 Å². The van der Waals surface area contributed by atoms with Crippen LogP contribution in [-0.4, -0.2) is 26.9 Å². The lowest BCUT2D eigenvalue weighted by molar-refractivity contribution is -0.175. The molecular weight excluding hydrogens is 433 g/mol. The predicted molar refractivity (Wildman–Crippen MR) is 97.3 cm³/mol. The van der Waals surface area contributed by atoms with E-state index in [1.807, 2.05) is 0 Å². The van der Waals surface area contributed by atoms with Crippen LogP contribution >= 0.6 is 0 Å². The smallest absolute Gasteiger partial charge is 0.416 e. The van der Waals surface area contributed by atoms with Crippen LogP contribution in [0.15, 0.2) is 53.4 Å². The summed E-state index contributed by atoms with van der Waals surface area (Å²) in [5.41, 5.74) is -0.951. The van der Waals surface area contributed by atoms with Crippen molar-refractivity contribution in [2.24, 2.45) is 0 Å². The number of hydrogen-bond donors (Lipinski definition) is 1. The maximum Gasteiger partial charge on any atom is 0.416 e. The van der Waals surface area contributed by atoms with E-state index >= 15 is 0 Å². The molecule has 0 bridgehead atoms. The zero-order valence-electron chi connectivity index (χ0n) is 15.8. The molecule has 2 rings (SSSR count). The lowest BCUT2D eigenvalue weighted by Crippen LogP contribution is -2.46. The molecule has 0 saturated heterocycles. The highest BCUT2D eigenvalue weighted by Crippen LogP contribution is 2.36. The lowest BCUT2D eigenvalue weighted by Gasteiger charge is -2.26. The minimum Gasteiger partial charge on any atom is -0.462 e. The van der Waals surface area contributed by atoms with Gasteiger partial charge >= 0.3 is 18.1 Å². The lowest BCUT2D eigenvalue weighted by atomic mass is 10.00. The van der Waals surface area contributed by atoms with Gasteiger partial charge in [0.25, 0.3) is 0 Å². The summed E-state index contributed by atoms with van der Waals surface area (Å²) in [6.07, 6.45) is -4.72. The largest absolute Gasteiger partial charge is 0.462 e. The summed E-state index contributed by atoms with van der Waals surface area (Å²) in [4.78, 5) is 11.4. The summed E-state index contributed by atoms with van der Waals surface area (Å²) in [6.45, 7) is 2.56. The second kappa shape index (κ2) is 8.68. The van der Waals surface area contributed by atoms with E-state index in [9.17, 15) is 35.2 Å². The fraction of sp³-hybridized carbons (Fsp3) is 0.316. The number of sulfonamides is 1. The number of hydrogen-bond acceptors (Lipinski definition) is 4. The SMILES string of the molecule is CCOC(=O)C(F)(F)C(NS(=O)(=O)c1ccc(C)cc1)c1ccc(C(F)(F)F)cc1. The third-order valence-electron chi connectivity index (χ3n) is 4.09. The molecule has 0 aliphatic rings. The quantitative estimate of drug-likeness (QED) is 0.505. The molecule has 164 valence electrons. The highest BCUT2D eigenvalue weighted by molar-refractivity contribution is 7.89. The third kappa shape index (κ3) is 5.33. The van der Waals surface area contributed by atoms with Gasteiger partial charge in [-0.2, -0.15) is 26.7 Å². The molecule has 1 unspecified atom stereocenters. The van der Waals surface area contributed by atoms with Crippen molar-refractivity contribution in [2.45, 2.75) is 36.9 Å². The maximum absolute atomic E-state index is 14.8. The summed E-state index contributed by atoms with van der Waals surface area (Å²) >= 11 is 0. The molecule has 0 aliphatic heterocycles. The van der Waals surface area contributed by atoms with Gasteiger partial charge in [0.15, 0.2) is 0 Å². The fourth-order valence-electron chi connectivity index (χ4n) is 2.50. The molecule has 0 heterocycles. The molecule has 0 aliphatic carbocycles. The van der Waals surface area contributed by atoms with E-state index in [0.717, 1.165) is 0 Å². The normalized spacial score (nSPS) is 13.7. The number of ether oxygens (including phenoxy) is 1. The van der Waals surface area contributed by atoms with Gasteiger partial charge in [-0.25, -0.2) is 13.2 Å². The number of carbonyl (C=O) groups is 1. The Kier molecular flexibility index (Phi) is 6.87. The summed E-state index contributed by atoms with van der Waals surface area (Å²) < 4.78 is 99.1. The van der Waals surface area contributed by atoms with Gasteiger partial charge in [-0.05, 0) is 43.7 Å². The third-order valence-corrected chi connectivity index (χ3v) is 5.52. The Morgan fingerprint density at radius 2 is 1.53 bits per heavy atom. The van der Waals surface area contributed by atoms with Crippen molar-refractivity contribution in [3.63, 3.8) is 0 Å². The Bertz CT molecular complexity index is 987. The Morgan fingerprint density at radius 3 is 2.00 bits per heavy atom. The van der Waals surface area contributed by atoms with Crippen molar-refractivity contribution >= 4 is 16.0 Å². The van der Waals surface area contributed by atoms with Crippen molar-refractivity contribution in [2.75, 3.05) is 6.61 Å². The van der Waals surface area contributed by atoms with E-state index in [4.69, 9.17) is 0 Å². The molecule has 5 nitrogen and oxygen atoms in total. The first-order valence-electron chi connectivity index (χ1n) is 8.60. The van der Waals surface area contributed by atoms with E-state index in [2.05, 4.69) is 4.74 Å². The number of esters is 1. The van der Waals surface area contributed by atoms with Gasteiger partial charge in [0.2, 0.25) is 10.0 Å². The van der Waals surface area contributed by atoms with Crippen LogP contribution in [-0.2, 0) is 25.7 Å². The molecule has 30 heavy (non-hydrogen) atoms. The topological polar surface area (TPSA) is 72.5 Å². The summed E-state index contributed by atoms with van der Waals surface area (Å²) in [6, 6.07) is 5.11. The Hall–Kier alpha value is -2.53. The molecule has 0 radical (unpaired) electrons. The predicted octanol–water partition coefficient (Wildman–Crippen LogP) is 4.23. The van der Waals surface area contributed by atoms with E-state index < -0.39 is 51.9 Å².